The van der Waals surface area contributed by atoms with Gasteiger partial charge in [-0.25, -0.2) is 0 Å². The van der Waals surface area contributed by atoms with Crippen molar-refractivity contribution in [2.45, 2.75) is 45.2 Å². The van der Waals surface area contributed by atoms with Gasteiger partial charge in [0.15, 0.2) is 0 Å². The monoisotopic (exact) mass is 520 g/mol. The number of hydrogen-bond acceptors (Lipinski definition) is 3. The molecule has 0 aliphatic heterocycles. The largest absolute Gasteiger partial charge is 0.352 e. The number of thioether (sulfide) groups is 1. The Bertz CT molecular complexity index is 919. The van der Waals surface area contributed by atoms with Gasteiger partial charge in [0.2, 0.25) is 11.8 Å². The van der Waals surface area contributed by atoms with Gasteiger partial charge in [-0.1, -0.05) is 58.5 Å². The van der Waals surface area contributed by atoms with Crippen molar-refractivity contribution in [1.82, 2.24) is 10.2 Å². The summed E-state index contributed by atoms with van der Waals surface area (Å²) in [4.78, 5) is 27.2. The van der Waals surface area contributed by atoms with Crippen LogP contribution in [0.2, 0.25) is 20.1 Å². The Kier molecular flexibility index (Phi) is 10.3. The van der Waals surface area contributed by atoms with Gasteiger partial charge in [0, 0.05) is 44.0 Å². The highest BCUT2D eigenvalue weighted by atomic mass is 35.5. The number of amides is 2. The van der Waals surface area contributed by atoms with Crippen LogP contribution in [0.15, 0.2) is 36.4 Å². The van der Waals surface area contributed by atoms with E-state index in [4.69, 9.17) is 46.4 Å². The second-order valence-electron chi connectivity index (χ2n) is 7.29. The summed E-state index contributed by atoms with van der Waals surface area (Å²) < 4.78 is 0. The van der Waals surface area contributed by atoms with Crippen molar-refractivity contribution >= 4 is 70.0 Å². The third-order valence-electron chi connectivity index (χ3n) is 4.49. The first-order valence-corrected chi connectivity index (χ1v) is 12.3. The highest BCUT2D eigenvalue weighted by molar-refractivity contribution is 7.99. The van der Waals surface area contributed by atoms with Crippen molar-refractivity contribution in [3.05, 3.63) is 67.6 Å². The molecule has 0 saturated heterocycles. The molecule has 0 radical (unpaired) electrons. The summed E-state index contributed by atoms with van der Waals surface area (Å²) >= 11 is 26.2. The van der Waals surface area contributed by atoms with Crippen molar-refractivity contribution in [3.8, 4) is 0 Å². The van der Waals surface area contributed by atoms with Crippen molar-refractivity contribution in [1.29, 1.82) is 0 Å². The van der Waals surface area contributed by atoms with Crippen LogP contribution in [0.1, 0.15) is 31.9 Å². The maximum absolute atomic E-state index is 13.1. The highest BCUT2D eigenvalue weighted by Crippen LogP contribution is 2.28. The SMILES string of the molecule is CC(C)NC(=O)[C@H](C)N(Cc1c(Cl)cccc1Cl)C(=O)CSCc1ccc(Cl)cc1Cl. The smallest absolute Gasteiger partial charge is 0.242 e. The molecule has 168 valence electrons. The Labute approximate surface area is 207 Å². The van der Waals surface area contributed by atoms with Crippen molar-refractivity contribution in [2.24, 2.45) is 0 Å². The Morgan fingerprint density at radius 1 is 1.00 bits per heavy atom. The molecule has 1 N–H and O–H groups in total. The number of benzene rings is 2. The molecule has 4 nitrogen and oxygen atoms in total. The van der Waals surface area contributed by atoms with E-state index in [1.807, 2.05) is 19.9 Å². The van der Waals surface area contributed by atoms with Gasteiger partial charge < -0.3 is 10.2 Å². The highest BCUT2D eigenvalue weighted by Gasteiger charge is 2.27. The number of halogens is 4. The van der Waals surface area contributed by atoms with Crippen LogP contribution >= 0.6 is 58.2 Å². The van der Waals surface area contributed by atoms with Crippen molar-refractivity contribution in [2.75, 3.05) is 5.75 Å². The quantitative estimate of drug-likeness (QED) is 0.411. The number of rotatable bonds is 9. The molecule has 0 aromatic heterocycles. The maximum atomic E-state index is 13.1. The van der Waals surface area contributed by atoms with Gasteiger partial charge in [0.25, 0.3) is 0 Å². The third kappa shape index (κ3) is 7.76. The first kappa shape index (κ1) is 26.1. The Morgan fingerprint density at radius 2 is 1.65 bits per heavy atom. The lowest BCUT2D eigenvalue weighted by Crippen LogP contribution is -2.49. The minimum absolute atomic E-state index is 0.0442. The van der Waals surface area contributed by atoms with Gasteiger partial charge in [-0.15, -0.1) is 11.8 Å². The van der Waals surface area contributed by atoms with E-state index in [9.17, 15) is 9.59 Å². The second-order valence-corrected chi connectivity index (χ2v) is 9.93. The number of nitrogens with zero attached hydrogens (tertiary/aromatic N) is 1. The molecule has 0 unspecified atom stereocenters. The van der Waals surface area contributed by atoms with Gasteiger partial charge >= 0.3 is 0 Å². The lowest BCUT2D eigenvalue weighted by Gasteiger charge is -2.30. The van der Waals surface area contributed by atoms with Crippen LogP contribution in [-0.2, 0) is 21.9 Å². The zero-order valence-electron chi connectivity index (χ0n) is 17.4. The molecule has 9 heteroatoms. The second kappa shape index (κ2) is 12.2. The molecule has 1 atom stereocenters. The van der Waals surface area contributed by atoms with Crippen molar-refractivity contribution < 1.29 is 9.59 Å². The topological polar surface area (TPSA) is 49.4 Å². The number of carbonyl (C=O) groups excluding carboxylic acids is 2. The molecule has 0 fully saturated rings. The third-order valence-corrected chi connectivity index (χ3v) is 6.75. The molecule has 0 saturated carbocycles. The van der Waals surface area contributed by atoms with E-state index in [2.05, 4.69) is 5.32 Å². The normalized spacial score (nSPS) is 12.0. The van der Waals surface area contributed by atoms with Gasteiger partial charge in [-0.05, 0) is 50.6 Å². The number of carbonyl (C=O) groups is 2. The van der Waals surface area contributed by atoms with E-state index >= 15 is 0 Å². The average Bonchev–Trinajstić information content (AvgIpc) is 2.68. The standard InChI is InChI=1S/C22H24Cl4N2O2S/c1-13(2)27-22(30)14(3)28(10-17-18(24)5-4-6-19(17)25)21(29)12-31-11-15-7-8-16(23)9-20(15)26/h4-9,13-14H,10-12H2,1-3H3,(H,27,30)/t14-/m0/s1. The lowest BCUT2D eigenvalue weighted by atomic mass is 10.1. The van der Waals surface area contributed by atoms with Crippen molar-refractivity contribution in [3.63, 3.8) is 0 Å². The molecule has 0 bridgehead atoms. The lowest BCUT2D eigenvalue weighted by molar-refractivity contribution is -0.138. The fourth-order valence-corrected chi connectivity index (χ4v) is 4.80. The first-order chi connectivity index (χ1) is 14.6. The summed E-state index contributed by atoms with van der Waals surface area (Å²) in [7, 11) is 0. The average molecular weight is 522 g/mol. The Hall–Kier alpha value is -1.11. The summed E-state index contributed by atoms with van der Waals surface area (Å²) in [6.45, 7) is 5.56. The summed E-state index contributed by atoms with van der Waals surface area (Å²) in [6, 6.07) is 9.69. The molecular formula is C22H24Cl4N2O2S. The zero-order chi connectivity index (χ0) is 23.1. The summed E-state index contributed by atoms with van der Waals surface area (Å²) in [5.41, 5.74) is 1.49. The van der Waals surface area contributed by atoms with Crippen LogP contribution in [0.25, 0.3) is 0 Å². The molecule has 0 heterocycles. The molecule has 2 amide bonds. The Morgan fingerprint density at radius 3 is 2.23 bits per heavy atom. The molecular weight excluding hydrogens is 498 g/mol. The van der Waals surface area contributed by atoms with Crippen LogP contribution in [-0.4, -0.2) is 34.6 Å². The van der Waals surface area contributed by atoms with Crippen LogP contribution in [0.4, 0.5) is 0 Å². The Balaban J connectivity index is 2.16. The maximum Gasteiger partial charge on any atom is 0.242 e. The minimum Gasteiger partial charge on any atom is -0.352 e. The number of nitrogens with one attached hydrogen (secondary N) is 1. The van der Waals surface area contributed by atoms with E-state index in [0.717, 1.165) is 5.56 Å². The molecule has 0 spiro atoms. The first-order valence-electron chi connectivity index (χ1n) is 9.64. The fraction of sp³-hybridized carbons (Fsp3) is 0.364. The van der Waals surface area contributed by atoms with Crippen LogP contribution in [0, 0.1) is 0 Å². The zero-order valence-corrected chi connectivity index (χ0v) is 21.3. The summed E-state index contributed by atoms with van der Waals surface area (Å²) in [5, 5.41) is 4.86. The van der Waals surface area contributed by atoms with Gasteiger partial charge in [-0.2, -0.15) is 0 Å². The number of hydrogen-bond donors (Lipinski definition) is 1. The molecule has 31 heavy (non-hydrogen) atoms. The van der Waals surface area contributed by atoms with Crippen LogP contribution in [0.5, 0.6) is 0 Å². The molecule has 2 aromatic carbocycles. The van der Waals surface area contributed by atoms with E-state index in [0.29, 0.717) is 31.4 Å². The molecule has 0 aliphatic rings. The fourth-order valence-electron chi connectivity index (χ4n) is 2.81. The summed E-state index contributed by atoms with van der Waals surface area (Å²) in [5.74, 6) is 0.268. The van der Waals surface area contributed by atoms with Gasteiger partial charge in [0.1, 0.15) is 6.04 Å². The van der Waals surface area contributed by atoms with Crippen LogP contribution < -0.4 is 5.32 Å². The van der Waals surface area contributed by atoms with E-state index in [-0.39, 0.29) is 30.2 Å². The van der Waals surface area contributed by atoms with Gasteiger partial charge in [0.05, 0.1) is 5.75 Å². The molecule has 2 rings (SSSR count). The van der Waals surface area contributed by atoms with E-state index in [1.54, 1.807) is 37.3 Å². The van der Waals surface area contributed by atoms with Crippen LogP contribution in [0.3, 0.4) is 0 Å². The van der Waals surface area contributed by atoms with E-state index < -0.39 is 6.04 Å². The van der Waals surface area contributed by atoms with E-state index in [1.165, 1.54) is 16.7 Å². The molecule has 0 aliphatic carbocycles. The summed E-state index contributed by atoms with van der Waals surface area (Å²) in [6.07, 6.45) is 0. The molecule has 2 aromatic rings. The minimum atomic E-state index is -0.693. The predicted octanol–water partition coefficient (Wildman–Crippen LogP) is 6.48. The predicted molar refractivity (Wildman–Crippen MR) is 132 cm³/mol. The van der Waals surface area contributed by atoms with Gasteiger partial charge in [-0.3, -0.25) is 9.59 Å².